The molecule has 0 radical (unpaired) electrons. The minimum Gasteiger partial charge on any atom is -0.315 e. The van der Waals surface area contributed by atoms with E-state index in [-0.39, 0.29) is 17.7 Å². The predicted octanol–water partition coefficient (Wildman–Crippen LogP) is 2.39. The molecule has 0 spiro atoms. The largest absolute Gasteiger partial charge is 0.315 e. The molecule has 5 nitrogen and oxygen atoms in total. The van der Waals surface area contributed by atoms with E-state index in [9.17, 15) is 4.79 Å². The molecular weight excluding hydrogens is 300 g/mol. The van der Waals surface area contributed by atoms with Gasteiger partial charge in [-0.05, 0) is 43.5 Å². The van der Waals surface area contributed by atoms with Gasteiger partial charge >= 0.3 is 0 Å². The molecule has 1 N–H and O–H groups in total. The van der Waals surface area contributed by atoms with E-state index in [1.165, 1.54) is 11.1 Å². The number of aryl methyl sites for hydroxylation is 2. The Bertz CT molecular complexity index is 737. The Morgan fingerprint density at radius 3 is 2.83 bits per heavy atom. The van der Waals surface area contributed by atoms with Crippen molar-refractivity contribution in [1.29, 1.82) is 0 Å². The molecule has 0 aliphatic carbocycles. The third-order valence-electron chi connectivity index (χ3n) is 5.13. The van der Waals surface area contributed by atoms with Crippen molar-refractivity contribution in [2.75, 3.05) is 24.5 Å². The van der Waals surface area contributed by atoms with Crippen molar-refractivity contribution in [2.24, 2.45) is 13.0 Å². The Labute approximate surface area is 143 Å². The molecule has 2 aromatic rings. The molecule has 5 heteroatoms. The van der Waals surface area contributed by atoms with Crippen molar-refractivity contribution in [2.45, 2.75) is 26.7 Å². The van der Waals surface area contributed by atoms with Gasteiger partial charge in [0.2, 0.25) is 5.91 Å². The third kappa shape index (κ3) is 2.96. The Morgan fingerprint density at radius 1 is 1.38 bits per heavy atom. The molecule has 128 valence electrons. The van der Waals surface area contributed by atoms with Gasteiger partial charge in [0, 0.05) is 44.5 Å². The molecule has 1 amide bonds. The zero-order valence-corrected chi connectivity index (χ0v) is 14.9. The minimum atomic E-state index is -0.0472. The predicted molar refractivity (Wildman–Crippen MR) is 96.3 cm³/mol. The van der Waals surface area contributed by atoms with Gasteiger partial charge in [-0.1, -0.05) is 12.1 Å². The smallest absolute Gasteiger partial charge is 0.232 e. The molecule has 3 rings (SSSR count). The number of aromatic nitrogens is 2. The SMILES string of the molecule is CCN(C(=O)[C@H]1CNC[C@@H]1c1cnn(C)c1)c1cccc(C)c1C. The highest BCUT2D eigenvalue weighted by atomic mass is 16.2. The van der Waals surface area contributed by atoms with E-state index in [1.54, 1.807) is 4.68 Å². The van der Waals surface area contributed by atoms with Crippen LogP contribution in [-0.2, 0) is 11.8 Å². The maximum Gasteiger partial charge on any atom is 0.232 e. The van der Waals surface area contributed by atoms with Crippen molar-refractivity contribution in [3.63, 3.8) is 0 Å². The molecule has 0 unspecified atom stereocenters. The number of carbonyl (C=O) groups is 1. The first-order chi connectivity index (χ1) is 11.5. The van der Waals surface area contributed by atoms with E-state index in [2.05, 4.69) is 30.3 Å². The van der Waals surface area contributed by atoms with Crippen molar-refractivity contribution >= 4 is 11.6 Å². The summed E-state index contributed by atoms with van der Waals surface area (Å²) in [5, 5.41) is 7.65. The van der Waals surface area contributed by atoms with Crippen LogP contribution in [0.4, 0.5) is 5.69 Å². The zero-order valence-electron chi connectivity index (χ0n) is 14.9. The molecule has 1 aromatic carbocycles. The first kappa shape index (κ1) is 16.7. The maximum absolute atomic E-state index is 13.3. The first-order valence-corrected chi connectivity index (χ1v) is 8.59. The number of carbonyl (C=O) groups excluding carboxylic acids is 1. The molecule has 1 saturated heterocycles. The summed E-state index contributed by atoms with van der Waals surface area (Å²) in [6.07, 6.45) is 3.90. The van der Waals surface area contributed by atoms with Crippen LogP contribution in [0.15, 0.2) is 30.6 Å². The van der Waals surface area contributed by atoms with Crippen LogP contribution in [-0.4, -0.2) is 35.3 Å². The lowest BCUT2D eigenvalue weighted by atomic mass is 9.89. The van der Waals surface area contributed by atoms with Gasteiger partial charge in [0.25, 0.3) is 0 Å². The van der Waals surface area contributed by atoms with E-state index in [4.69, 9.17) is 0 Å². The minimum absolute atomic E-state index is 0.0472. The summed E-state index contributed by atoms with van der Waals surface area (Å²) in [5.74, 6) is 0.337. The van der Waals surface area contributed by atoms with Crippen LogP contribution in [0.5, 0.6) is 0 Å². The van der Waals surface area contributed by atoms with Crippen LogP contribution in [0.1, 0.15) is 29.5 Å². The molecule has 1 fully saturated rings. The fraction of sp³-hybridized carbons (Fsp3) is 0.474. The molecule has 2 atom stereocenters. The Morgan fingerprint density at radius 2 is 2.17 bits per heavy atom. The average Bonchev–Trinajstić information content (AvgIpc) is 3.20. The summed E-state index contributed by atoms with van der Waals surface area (Å²) < 4.78 is 1.80. The van der Waals surface area contributed by atoms with Gasteiger partial charge in [0.05, 0.1) is 12.1 Å². The highest BCUT2D eigenvalue weighted by Gasteiger charge is 2.37. The van der Waals surface area contributed by atoms with Gasteiger partial charge in [0.1, 0.15) is 0 Å². The molecule has 2 heterocycles. The fourth-order valence-electron chi connectivity index (χ4n) is 3.59. The summed E-state index contributed by atoms with van der Waals surface area (Å²) in [4.78, 5) is 15.2. The number of rotatable bonds is 4. The number of anilines is 1. The van der Waals surface area contributed by atoms with Crippen LogP contribution in [0.3, 0.4) is 0 Å². The van der Waals surface area contributed by atoms with Crippen molar-refractivity contribution < 1.29 is 4.79 Å². The number of amides is 1. The summed E-state index contributed by atoms with van der Waals surface area (Å²) in [6, 6.07) is 6.16. The van der Waals surface area contributed by atoms with Crippen molar-refractivity contribution in [3.05, 3.63) is 47.3 Å². The van der Waals surface area contributed by atoms with Crippen LogP contribution in [0.25, 0.3) is 0 Å². The van der Waals surface area contributed by atoms with Crippen LogP contribution in [0.2, 0.25) is 0 Å². The highest BCUT2D eigenvalue weighted by molar-refractivity contribution is 5.96. The molecular formula is C19H26N4O. The molecule has 24 heavy (non-hydrogen) atoms. The number of nitrogens with one attached hydrogen (secondary N) is 1. The van der Waals surface area contributed by atoms with Gasteiger partial charge in [-0.25, -0.2) is 0 Å². The highest BCUT2D eigenvalue weighted by Crippen LogP contribution is 2.32. The van der Waals surface area contributed by atoms with E-state index in [0.717, 1.165) is 24.3 Å². The van der Waals surface area contributed by atoms with Gasteiger partial charge < -0.3 is 10.2 Å². The van der Waals surface area contributed by atoms with Crippen molar-refractivity contribution in [1.82, 2.24) is 15.1 Å². The lowest BCUT2D eigenvalue weighted by molar-refractivity contribution is -0.122. The normalized spacial score (nSPS) is 20.3. The number of nitrogens with zero attached hydrogens (tertiary/aromatic N) is 3. The molecule has 1 aliphatic rings. The fourth-order valence-corrected chi connectivity index (χ4v) is 3.59. The quantitative estimate of drug-likeness (QED) is 0.938. The topological polar surface area (TPSA) is 50.2 Å². The Kier molecular flexibility index (Phi) is 4.71. The summed E-state index contributed by atoms with van der Waals surface area (Å²) >= 11 is 0. The maximum atomic E-state index is 13.3. The number of hydrogen-bond acceptors (Lipinski definition) is 3. The van der Waals surface area contributed by atoms with Crippen LogP contribution in [0, 0.1) is 19.8 Å². The van der Waals surface area contributed by atoms with E-state index in [1.807, 2.05) is 43.4 Å². The Hall–Kier alpha value is -2.14. The van der Waals surface area contributed by atoms with E-state index >= 15 is 0 Å². The average molecular weight is 326 g/mol. The van der Waals surface area contributed by atoms with Gasteiger partial charge in [-0.15, -0.1) is 0 Å². The van der Waals surface area contributed by atoms with Gasteiger partial charge in [-0.2, -0.15) is 5.10 Å². The summed E-state index contributed by atoms with van der Waals surface area (Å²) in [6.45, 7) is 8.45. The second kappa shape index (κ2) is 6.77. The zero-order chi connectivity index (χ0) is 17.3. The first-order valence-electron chi connectivity index (χ1n) is 8.59. The monoisotopic (exact) mass is 326 g/mol. The number of hydrogen-bond donors (Lipinski definition) is 1. The molecule has 1 aliphatic heterocycles. The second-order valence-electron chi connectivity index (χ2n) is 6.62. The molecule has 1 aromatic heterocycles. The van der Waals surface area contributed by atoms with E-state index in [0.29, 0.717) is 6.54 Å². The van der Waals surface area contributed by atoms with Crippen LogP contribution < -0.4 is 10.2 Å². The lowest BCUT2D eigenvalue weighted by Gasteiger charge is -2.28. The number of benzene rings is 1. The van der Waals surface area contributed by atoms with Gasteiger partial charge in [-0.3, -0.25) is 9.48 Å². The third-order valence-corrected chi connectivity index (χ3v) is 5.13. The Balaban J connectivity index is 1.89. The van der Waals surface area contributed by atoms with Gasteiger partial charge in [0.15, 0.2) is 0 Å². The lowest BCUT2D eigenvalue weighted by Crippen LogP contribution is -2.39. The van der Waals surface area contributed by atoms with Crippen LogP contribution >= 0.6 is 0 Å². The summed E-state index contributed by atoms with van der Waals surface area (Å²) in [7, 11) is 1.91. The van der Waals surface area contributed by atoms with Crippen molar-refractivity contribution in [3.8, 4) is 0 Å². The molecule has 0 saturated carbocycles. The summed E-state index contributed by atoms with van der Waals surface area (Å²) in [5.41, 5.74) is 4.56. The second-order valence-corrected chi connectivity index (χ2v) is 6.62. The standard InChI is InChI=1S/C19H26N4O/c1-5-23(18-8-6-7-13(2)14(18)3)19(24)17-11-20-10-16(17)15-9-21-22(4)12-15/h6-9,12,16-17,20H,5,10-11H2,1-4H3/t16-,17+/m1/s1. The molecule has 0 bridgehead atoms. The van der Waals surface area contributed by atoms with E-state index < -0.39 is 0 Å².